The van der Waals surface area contributed by atoms with Gasteiger partial charge in [-0.15, -0.1) is 0 Å². The van der Waals surface area contributed by atoms with Crippen LogP contribution >= 0.6 is 11.6 Å². The zero-order valence-corrected chi connectivity index (χ0v) is 13.0. The van der Waals surface area contributed by atoms with Gasteiger partial charge in [0.1, 0.15) is 11.5 Å². The van der Waals surface area contributed by atoms with Crippen molar-refractivity contribution in [3.63, 3.8) is 0 Å². The average Bonchev–Trinajstić information content (AvgIpc) is 2.95. The van der Waals surface area contributed by atoms with E-state index < -0.39 is 5.82 Å². The molecule has 0 bridgehead atoms. The number of hydrogen-bond donors (Lipinski definition) is 1. The Morgan fingerprint density at radius 2 is 1.86 bits per heavy atom. The summed E-state index contributed by atoms with van der Waals surface area (Å²) in [5.41, 5.74) is 3.93. The summed E-state index contributed by atoms with van der Waals surface area (Å²) < 4.78 is 14.5. The van der Waals surface area contributed by atoms with E-state index in [0.29, 0.717) is 5.56 Å². The summed E-state index contributed by atoms with van der Waals surface area (Å²) >= 11 is 5.95. The molecule has 0 atom stereocenters. The lowest BCUT2D eigenvalue weighted by atomic mass is 9.97. The highest BCUT2D eigenvalue weighted by molar-refractivity contribution is 6.31. The SMILES string of the molecule is CCCc1[nH]nc(-c2ccccc2)c1-c1cccc(Cl)c1F. The lowest BCUT2D eigenvalue weighted by Gasteiger charge is -2.08. The van der Waals surface area contributed by atoms with Crippen LogP contribution in [0.3, 0.4) is 0 Å². The Balaban J connectivity index is 2.24. The first-order valence-corrected chi connectivity index (χ1v) is 7.67. The molecular formula is C18H16ClFN2. The Kier molecular flexibility index (Phi) is 4.25. The van der Waals surface area contributed by atoms with Gasteiger partial charge >= 0.3 is 0 Å². The minimum Gasteiger partial charge on any atom is -0.281 e. The quantitative estimate of drug-likeness (QED) is 0.678. The molecule has 0 unspecified atom stereocenters. The van der Waals surface area contributed by atoms with Crippen molar-refractivity contribution >= 4 is 11.6 Å². The minimum absolute atomic E-state index is 0.125. The zero-order valence-electron chi connectivity index (χ0n) is 12.2. The van der Waals surface area contributed by atoms with Crippen molar-refractivity contribution in [2.75, 3.05) is 0 Å². The fourth-order valence-corrected chi connectivity index (χ4v) is 2.78. The van der Waals surface area contributed by atoms with Gasteiger partial charge < -0.3 is 0 Å². The topological polar surface area (TPSA) is 28.7 Å². The lowest BCUT2D eigenvalue weighted by molar-refractivity contribution is 0.631. The van der Waals surface area contributed by atoms with Gasteiger partial charge in [0, 0.05) is 22.4 Å². The van der Waals surface area contributed by atoms with Crippen LogP contribution in [-0.2, 0) is 6.42 Å². The minimum atomic E-state index is -0.403. The van der Waals surface area contributed by atoms with Crippen molar-refractivity contribution in [3.05, 3.63) is 65.1 Å². The Morgan fingerprint density at radius 3 is 2.59 bits per heavy atom. The molecule has 0 spiro atoms. The molecule has 112 valence electrons. The van der Waals surface area contributed by atoms with Crippen molar-refractivity contribution < 1.29 is 4.39 Å². The van der Waals surface area contributed by atoms with Crippen molar-refractivity contribution in [3.8, 4) is 22.4 Å². The molecule has 2 nitrogen and oxygen atoms in total. The predicted octanol–water partition coefficient (Wildman–Crippen LogP) is 5.49. The number of aromatic amines is 1. The van der Waals surface area contributed by atoms with Gasteiger partial charge in [-0.1, -0.05) is 67.4 Å². The molecule has 0 saturated carbocycles. The number of hydrogen-bond acceptors (Lipinski definition) is 1. The molecule has 1 N–H and O–H groups in total. The van der Waals surface area contributed by atoms with E-state index in [1.165, 1.54) is 0 Å². The van der Waals surface area contributed by atoms with Gasteiger partial charge in [0.25, 0.3) is 0 Å². The summed E-state index contributed by atoms with van der Waals surface area (Å²) in [6, 6.07) is 14.8. The first-order chi connectivity index (χ1) is 10.7. The molecule has 1 heterocycles. The second kappa shape index (κ2) is 6.32. The van der Waals surface area contributed by atoms with E-state index in [1.807, 2.05) is 30.3 Å². The van der Waals surface area contributed by atoms with Crippen molar-refractivity contribution in [2.24, 2.45) is 0 Å². The zero-order chi connectivity index (χ0) is 15.5. The summed E-state index contributed by atoms with van der Waals surface area (Å²) in [5, 5.41) is 7.60. The number of nitrogens with zero attached hydrogens (tertiary/aromatic N) is 1. The monoisotopic (exact) mass is 314 g/mol. The van der Waals surface area contributed by atoms with E-state index >= 15 is 0 Å². The van der Waals surface area contributed by atoms with Crippen molar-refractivity contribution in [1.82, 2.24) is 10.2 Å². The second-order valence-electron chi connectivity index (χ2n) is 5.14. The van der Waals surface area contributed by atoms with E-state index in [0.717, 1.165) is 35.4 Å². The maximum Gasteiger partial charge on any atom is 0.149 e. The number of benzene rings is 2. The third-order valence-corrected chi connectivity index (χ3v) is 3.90. The molecule has 0 aliphatic carbocycles. The summed E-state index contributed by atoms with van der Waals surface area (Å²) in [4.78, 5) is 0. The molecule has 0 saturated heterocycles. The van der Waals surface area contributed by atoms with Crippen molar-refractivity contribution in [2.45, 2.75) is 19.8 Å². The van der Waals surface area contributed by atoms with Gasteiger partial charge in [0.05, 0.1) is 5.02 Å². The number of H-pyrrole nitrogens is 1. The van der Waals surface area contributed by atoms with E-state index in [2.05, 4.69) is 17.1 Å². The number of aryl methyl sites for hydroxylation is 1. The third kappa shape index (κ3) is 2.64. The van der Waals surface area contributed by atoms with Crippen molar-refractivity contribution in [1.29, 1.82) is 0 Å². The number of rotatable bonds is 4. The average molecular weight is 315 g/mol. The first-order valence-electron chi connectivity index (χ1n) is 7.29. The Hall–Kier alpha value is -2.13. The molecule has 0 fully saturated rings. The van der Waals surface area contributed by atoms with Gasteiger partial charge in [-0.2, -0.15) is 5.10 Å². The first kappa shape index (κ1) is 14.8. The number of halogens is 2. The predicted molar refractivity (Wildman–Crippen MR) is 88.4 cm³/mol. The Bertz CT molecular complexity index is 781. The summed E-state index contributed by atoms with van der Waals surface area (Å²) in [6.45, 7) is 2.08. The Labute approximate surface area is 134 Å². The van der Waals surface area contributed by atoms with Gasteiger partial charge in [0.2, 0.25) is 0 Å². The van der Waals surface area contributed by atoms with Gasteiger partial charge in [-0.05, 0) is 12.5 Å². The Morgan fingerprint density at radius 1 is 1.09 bits per heavy atom. The molecule has 0 radical (unpaired) electrons. The highest BCUT2D eigenvalue weighted by Gasteiger charge is 2.20. The molecular weight excluding hydrogens is 299 g/mol. The molecule has 2 aromatic carbocycles. The fourth-order valence-electron chi connectivity index (χ4n) is 2.60. The van der Waals surface area contributed by atoms with E-state index in [-0.39, 0.29) is 5.02 Å². The van der Waals surface area contributed by atoms with Crippen LogP contribution in [0.25, 0.3) is 22.4 Å². The second-order valence-corrected chi connectivity index (χ2v) is 5.55. The maximum absolute atomic E-state index is 14.5. The summed E-state index contributed by atoms with van der Waals surface area (Å²) in [5.74, 6) is -0.403. The molecule has 0 aliphatic rings. The van der Waals surface area contributed by atoms with Crippen LogP contribution in [0.1, 0.15) is 19.0 Å². The van der Waals surface area contributed by atoms with Gasteiger partial charge in [0.15, 0.2) is 0 Å². The summed E-state index contributed by atoms with van der Waals surface area (Å²) in [7, 11) is 0. The molecule has 4 heteroatoms. The number of aromatic nitrogens is 2. The highest BCUT2D eigenvalue weighted by Crippen LogP contribution is 2.36. The molecule has 0 aliphatic heterocycles. The molecule has 1 aromatic heterocycles. The van der Waals surface area contributed by atoms with Gasteiger partial charge in [-0.3, -0.25) is 5.10 Å². The maximum atomic E-state index is 14.5. The molecule has 3 aromatic rings. The molecule has 3 rings (SSSR count). The van der Waals surface area contributed by atoms with Crippen LogP contribution in [0, 0.1) is 5.82 Å². The smallest absolute Gasteiger partial charge is 0.149 e. The van der Waals surface area contributed by atoms with E-state index in [1.54, 1.807) is 18.2 Å². The van der Waals surface area contributed by atoms with Crippen LogP contribution in [-0.4, -0.2) is 10.2 Å². The van der Waals surface area contributed by atoms with Crippen LogP contribution in [0.15, 0.2) is 48.5 Å². The normalized spacial score (nSPS) is 10.9. The van der Waals surface area contributed by atoms with Crippen LogP contribution in [0.2, 0.25) is 5.02 Å². The van der Waals surface area contributed by atoms with Crippen LogP contribution < -0.4 is 0 Å². The lowest BCUT2D eigenvalue weighted by Crippen LogP contribution is -1.92. The van der Waals surface area contributed by atoms with E-state index in [9.17, 15) is 4.39 Å². The van der Waals surface area contributed by atoms with Crippen LogP contribution in [0.4, 0.5) is 4.39 Å². The standard InChI is InChI=1S/C18H16ClFN2/c1-2-7-15-16(13-10-6-11-14(19)17(13)20)18(22-21-15)12-8-4-3-5-9-12/h3-6,8-11H,2,7H2,1H3,(H,21,22). The highest BCUT2D eigenvalue weighted by atomic mass is 35.5. The van der Waals surface area contributed by atoms with Crippen LogP contribution in [0.5, 0.6) is 0 Å². The fraction of sp³-hybridized carbons (Fsp3) is 0.167. The van der Waals surface area contributed by atoms with E-state index in [4.69, 9.17) is 11.6 Å². The largest absolute Gasteiger partial charge is 0.281 e. The number of nitrogens with one attached hydrogen (secondary N) is 1. The molecule has 22 heavy (non-hydrogen) atoms. The molecule has 0 amide bonds. The van der Waals surface area contributed by atoms with Gasteiger partial charge in [-0.25, -0.2) is 4.39 Å². The third-order valence-electron chi connectivity index (χ3n) is 3.61. The summed E-state index contributed by atoms with van der Waals surface area (Å²) in [6.07, 6.45) is 1.76.